The predicted octanol–water partition coefficient (Wildman–Crippen LogP) is 1.28. The summed E-state index contributed by atoms with van der Waals surface area (Å²) in [4.78, 5) is 12.0. The molecule has 1 heterocycles. The largest absolute Gasteiger partial charge is 0.454 e. The molecule has 2 rings (SSSR count). The number of ether oxygens (including phenoxy) is 2. The van der Waals surface area contributed by atoms with E-state index in [-0.39, 0.29) is 24.7 Å². The van der Waals surface area contributed by atoms with Gasteiger partial charge >= 0.3 is 0 Å². The van der Waals surface area contributed by atoms with Crippen molar-refractivity contribution >= 4 is 5.91 Å². The Labute approximate surface area is 113 Å². The second-order valence-corrected chi connectivity index (χ2v) is 4.92. The molecule has 5 nitrogen and oxygen atoms in total. The first kappa shape index (κ1) is 13.7. The quantitative estimate of drug-likeness (QED) is 0.841. The minimum absolute atomic E-state index is 0.00941. The molecule has 1 aromatic rings. The van der Waals surface area contributed by atoms with E-state index in [2.05, 4.69) is 10.6 Å². The van der Waals surface area contributed by atoms with Crippen molar-refractivity contribution in [2.75, 3.05) is 13.8 Å². The number of benzene rings is 1. The van der Waals surface area contributed by atoms with Gasteiger partial charge in [-0.1, -0.05) is 19.9 Å². The van der Waals surface area contributed by atoms with Crippen molar-refractivity contribution in [1.82, 2.24) is 10.6 Å². The van der Waals surface area contributed by atoms with E-state index in [0.29, 0.717) is 6.54 Å². The average Bonchev–Trinajstić information content (AvgIpc) is 2.84. The minimum atomic E-state index is -0.172. The second-order valence-electron chi connectivity index (χ2n) is 4.92. The first-order valence-corrected chi connectivity index (χ1v) is 6.45. The number of hydrogen-bond donors (Lipinski definition) is 2. The van der Waals surface area contributed by atoms with E-state index in [1.807, 2.05) is 32.0 Å². The van der Waals surface area contributed by atoms with E-state index >= 15 is 0 Å². The summed E-state index contributed by atoms with van der Waals surface area (Å²) in [5.41, 5.74) is 0.996. The molecule has 2 N–H and O–H groups in total. The van der Waals surface area contributed by atoms with Gasteiger partial charge in [0.2, 0.25) is 12.7 Å². The maximum Gasteiger partial charge on any atom is 0.237 e. The van der Waals surface area contributed by atoms with Crippen LogP contribution >= 0.6 is 0 Å². The maximum atomic E-state index is 12.0. The number of nitrogens with one attached hydrogen (secondary N) is 2. The van der Waals surface area contributed by atoms with Gasteiger partial charge in [-0.05, 0) is 30.7 Å². The van der Waals surface area contributed by atoms with Crippen LogP contribution in [-0.2, 0) is 11.3 Å². The third-order valence-corrected chi connectivity index (χ3v) is 3.16. The van der Waals surface area contributed by atoms with Crippen LogP contribution < -0.4 is 20.1 Å². The molecule has 0 radical (unpaired) electrons. The van der Waals surface area contributed by atoms with Crippen molar-refractivity contribution in [1.29, 1.82) is 0 Å². The van der Waals surface area contributed by atoms with Crippen molar-refractivity contribution in [2.24, 2.45) is 5.92 Å². The third-order valence-electron chi connectivity index (χ3n) is 3.16. The van der Waals surface area contributed by atoms with Gasteiger partial charge in [-0.3, -0.25) is 4.79 Å². The lowest BCUT2D eigenvalue weighted by molar-refractivity contribution is -0.124. The third kappa shape index (κ3) is 3.17. The molecule has 0 saturated carbocycles. The highest BCUT2D eigenvalue weighted by atomic mass is 16.7. The molecule has 0 bridgehead atoms. The topological polar surface area (TPSA) is 59.6 Å². The zero-order valence-electron chi connectivity index (χ0n) is 11.5. The number of amides is 1. The summed E-state index contributed by atoms with van der Waals surface area (Å²) in [6.45, 7) is 4.78. The number of carbonyl (C=O) groups excluding carboxylic acids is 1. The van der Waals surface area contributed by atoms with Crippen LogP contribution in [0.2, 0.25) is 0 Å². The Hall–Kier alpha value is -1.75. The van der Waals surface area contributed by atoms with Crippen molar-refractivity contribution in [2.45, 2.75) is 26.4 Å². The predicted molar refractivity (Wildman–Crippen MR) is 72.1 cm³/mol. The number of fused-ring (bicyclic) bond motifs is 1. The molecule has 1 aromatic carbocycles. The fourth-order valence-corrected chi connectivity index (χ4v) is 2.12. The normalized spacial score (nSPS) is 14.5. The van der Waals surface area contributed by atoms with E-state index in [9.17, 15) is 4.79 Å². The molecule has 5 heteroatoms. The molecule has 0 aliphatic carbocycles. The summed E-state index contributed by atoms with van der Waals surface area (Å²) in [6.07, 6.45) is 0. The molecule has 0 spiro atoms. The minimum Gasteiger partial charge on any atom is -0.454 e. The van der Waals surface area contributed by atoms with Crippen LogP contribution in [0.1, 0.15) is 19.4 Å². The monoisotopic (exact) mass is 264 g/mol. The number of likely N-dealkylation sites (N-methyl/N-ethyl adjacent to an activating group) is 1. The van der Waals surface area contributed by atoms with Crippen LogP contribution in [0.25, 0.3) is 0 Å². The van der Waals surface area contributed by atoms with Crippen molar-refractivity contribution in [3.8, 4) is 11.5 Å². The second kappa shape index (κ2) is 5.93. The van der Waals surface area contributed by atoms with Crippen LogP contribution in [0.5, 0.6) is 11.5 Å². The lowest BCUT2D eigenvalue weighted by Gasteiger charge is -2.19. The van der Waals surface area contributed by atoms with E-state index in [4.69, 9.17) is 9.47 Å². The Morgan fingerprint density at radius 3 is 2.74 bits per heavy atom. The lowest BCUT2D eigenvalue weighted by atomic mass is 10.0. The van der Waals surface area contributed by atoms with Crippen molar-refractivity contribution < 1.29 is 14.3 Å². The van der Waals surface area contributed by atoms with Gasteiger partial charge in [0.05, 0.1) is 6.04 Å². The molecular weight excluding hydrogens is 244 g/mol. The number of hydrogen-bond acceptors (Lipinski definition) is 4. The highest BCUT2D eigenvalue weighted by Gasteiger charge is 2.20. The molecule has 1 aliphatic heterocycles. The fourth-order valence-electron chi connectivity index (χ4n) is 2.12. The van der Waals surface area contributed by atoms with Gasteiger partial charge in [0.1, 0.15) is 0 Å². The first-order valence-electron chi connectivity index (χ1n) is 6.45. The van der Waals surface area contributed by atoms with Crippen molar-refractivity contribution in [3.63, 3.8) is 0 Å². The Bertz CT molecular complexity index is 460. The summed E-state index contributed by atoms with van der Waals surface area (Å²) in [6, 6.07) is 5.51. The van der Waals surface area contributed by atoms with Crippen LogP contribution in [0.3, 0.4) is 0 Å². The van der Waals surface area contributed by atoms with Gasteiger partial charge in [-0.15, -0.1) is 0 Å². The first-order chi connectivity index (χ1) is 9.11. The van der Waals surface area contributed by atoms with E-state index in [0.717, 1.165) is 17.1 Å². The molecule has 1 amide bonds. The van der Waals surface area contributed by atoms with Crippen LogP contribution in [0.15, 0.2) is 18.2 Å². The summed E-state index contributed by atoms with van der Waals surface area (Å²) < 4.78 is 10.6. The van der Waals surface area contributed by atoms with E-state index < -0.39 is 0 Å². The smallest absolute Gasteiger partial charge is 0.237 e. The van der Waals surface area contributed by atoms with Crippen molar-refractivity contribution in [3.05, 3.63) is 23.8 Å². The van der Waals surface area contributed by atoms with Crippen LogP contribution in [0, 0.1) is 5.92 Å². The molecule has 19 heavy (non-hydrogen) atoms. The lowest BCUT2D eigenvalue weighted by Crippen LogP contribution is -2.45. The van der Waals surface area contributed by atoms with Gasteiger partial charge in [-0.25, -0.2) is 0 Å². The molecule has 0 aromatic heterocycles. The molecular formula is C14H20N2O3. The molecule has 0 fully saturated rings. The molecule has 1 atom stereocenters. The average molecular weight is 264 g/mol. The summed E-state index contributed by atoms with van der Waals surface area (Å²) in [5.74, 6) is 1.75. The van der Waals surface area contributed by atoms with Gasteiger partial charge < -0.3 is 20.1 Å². The molecule has 1 aliphatic rings. The summed E-state index contributed by atoms with van der Waals surface area (Å²) in [7, 11) is 1.80. The molecule has 1 unspecified atom stereocenters. The van der Waals surface area contributed by atoms with Gasteiger partial charge in [0, 0.05) is 6.54 Å². The molecule has 104 valence electrons. The Morgan fingerprint density at radius 2 is 2.05 bits per heavy atom. The number of rotatable bonds is 5. The Morgan fingerprint density at radius 1 is 1.32 bits per heavy atom. The Balaban J connectivity index is 1.93. The van der Waals surface area contributed by atoms with Crippen LogP contribution in [-0.4, -0.2) is 25.8 Å². The van der Waals surface area contributed by atoms with Crippen LogP contribution in [0.4, 0.5) is 0 Å². The standard InChI is InChI=1S/C14H20N2O3/c1-9(2)13(15-3)14(17)16-7-10-4-5-11-12(6-10)19-8-18-11/h4-6,9,13,15H,7-8H2,1-3H3,(H,16,17). The maximum absolute atomic E-state index is 12.0. The van der Waals surface area contributed by atoms with Gasteiger partial charge in [-0.2, -0.15) is 0 Å². The summed E-state index contributed by atoms with van der Waals surface area (Å²) in [5, 5.41) is 5.95. The van der Waals surface area contributed by atoms with E-state index in [1.165, 1.54) is 0 Å². The summed E-state index contributed by atoms with van der Waals surface area (Å²) >= 11 is 0. The number of carbonyl (C=O) groups is 1. The highest BCUT2D eigenvalue weighted by Crippen LogP contribution is 2.32. The zero-order valence-corrected chi connectivity index (χ0v) is 11.5. The van der Waals surface area contributed by atoms with E-state index in [1.54, 1.807) is 7.05 Å². The zero-order chi connectivity index (χ0) is 13.8. The highest BCUT2D eigenvalue weighted by molar-refractivity contribution is 5.81. The molecule has 0 saturated heterocycles. The SMILES string of the molecule is CNC(C(=O)NCc1ccc2c(c1)OCO2)C(C)C. The Kier molecular flexibility index (Phi) is 4.27. The fraction of sp³-hybridized carbons (Fsp3) is 0.500. The van der Waals surface area contributed by atoms with Gasteiger partial charge in [0.25, 0.3) is 0 Å². The van der Waals surface area contributed by atoms with Gasteiger partial charge in [0.15, 0.2) is 11.5 Å².